The molecule has 8 heteroatoms. The fourth-order valence-electron chi connectivity index (χ4n) is 1.04. The normalized spacial score (nSPS) is 14.5. The Balaban J connectivity index is 2.82. The molecule has 0 bridgehead atoms. The van der Waals surface area contributed by atoms with Gasteiger partial charge in [0.15, 0.2) is 6.10 Å². The van der Waals surface area contributed by atoms with Crippen molar-refractivity contribution in [1.29, 1.82) is 0 Å². The van der Waals surface area contributed by atoms with Gasteiger partial charge in [0.25, 0.3) is 0 Å². The van der Waals surface area contributed by atoms with Crippen LogP contribution in [0.3, 0.4) is 0 Å². The molecule has 17 heavy (non-hydrogen) atoms. The molecule has 0 aliphatic carbocycles. The molecule has 0 saturated carbocycles. The molecule has 1 N–H and O–H groups in total. The second kappa shape index (κ2) is 4.77. The van der Waals surface area contributed by atoms with E-state index in [2.05, 4.69) is 4.74 Å². The van der Waals surface area contributed by atoms with E-state index in [1.165, 1.54) is 0 Å². The average molecular weight is 321 g/mol. The molecule has 0 aromatic heterocycles. The van der Waals surface area contributed by atoms with Gasteiger partial charge in [-0.1, -0.05) is 12.1 Å². The predicted octanol–water partition coefficient (Wildman–Crippen LogP) is 3.61. The Bertz CT molecular complexity index is 370. The first-order chi connectivity index (χ1) is 7.59. The van der Waals surface area contributed by atoms with Gasteiger partial charge in [0.2, 0.25) is 0 Å². The van der Waals surface area contributed by atoms with Crippen LogP contribution in [-0.4, -0.2) is 16.3 Å². The molecule has 1 unspecified atom stereocenters. The van der Waals surface area contributed by atoms with E-state index in [1.807, 2.05) is 15.9 Å². The molecule has 0 amide bonds. The van der Waals surface area contributed by atoms with Crippen LogP contribution in [-0.2, 0) is 0 Å². The largest absolute Gasteiger partial charge is 0.573 e. The van der Waals surface area contributed by atoms with E-state index in [0.29, 0.717) is 0 Å². The van der Waals surface area contributed by atoms with Gasteiger partial charge in [0.05, 0.1) is 0 Å². The summed E-state index contributed by atoms with van der Waals surface area (Å²) in [7, 11) is 0. The fraction of sp³-hybridized carbons (Fsp3) is 0.333. The summed E-state index contributed by atoms with van der Waals surface area (Å²) in [6, 6.07) is 3.51. The van der Waals surface area contributed by atoms with E-state index in [4.69, 9.17) is 5.11 Å². The third kappa shape index (κ3) is 4.47. The molecule has 0 spiro atoms. The SMILES string of the molecule is OC(c1ccc(OC(F)(F)F)cc1)C(F)(F)Br. The predicted molar refractivity (Wildman–Crippen MR) is 52.0 cm³/mol. The van der Waals surface area contributed by atoms with Crippen LogP contribution in [0.5, 0.6) is 5.75 Å². The van der Waals surface area contributed by atoms with Crippen LogP contribution in [0, 0.1) is 0 Å². The van der Waals surface area contributed by atoms with Crippen LogP contribution >= 0.6 is 15.9 Å². The summed E-state index contributed by atoms with van der Waals surface area (Å²) in [5, 5.41) is 9.12. The van der Waals surface area contributed by atoms with Crippen molar-refractivity contribution in [3.05, 3.63) is 29.8 Å². The zero-order chi connectivity index (χ0) is 13.3. The Kier molecular flexibility index (Phi) is 3.98. The summed E-state index contributed by atoms with van der Waals surface area (Å²) in [5.74, 6) is -0.550. The van der Waals surface area contributed by atoms with Gasteiger partial charge in [-0.25, -0.2) is 0 Å². The molecule has 0 aliphatic heterocycles. The third-order valence-electron chi connectivity index (χ3n) is 1.74. The van der Waals surface area contributed by atoms with Crippen LogP contribution in [0.15, 0.2) is 24.3 Å². The van der Waals surface area contributed by atoms with Crippen LogP contribution < -0.4 is 4.74 Å². The van der Waals surface area contributed by atoms with Gasteiger partial charge in [-0.3, -0.25) is 0 Å². The number of halogens is 6. The van der Waals surface area contributed by atoms with Gasteiger partial charge in [-0.2, -0.15) is 8.78 Å². The van der Waals surface area contributed by atoms with Crippen molar-refractivity contribution in [2.45, 2.75) is 17.3 Å². The number of benzene rings is 1. The van der Waals surface area contributed by atoms with E-state index in [0.717, 1.165) is 24.3 Å². The van der Waals surface area contributed by atoms with Crippen LogP contribution in [0.2, 0.25) is 0 Å². The summed E-state index contributed by atoms with van der Waals surface area (Å²) >= 11 is 1.95. The molecule has 0 aliphatic rings. The maximum Gasteiger partial charge on any atom is 0.573 e. The second-order valence-corrected chi connectivity index (χ2v) is 4.12. The summed E-state index contributed by atoms with van der Waals surface area (Å²) in [6.45, 7) is 0. The van der Waals surface area contributed by atoms with Crippen LogP contribution in [0.4, 0.5) is 22.0 Å². The highest BCUT2D eigenvalue weighted by Crippen LogP contribution is 2.37. The Labute approximate surface area is 101 Å². The minimum atomic E-state index is -4.85. The molecular weight excluding hydrogens is 315 g/mol. The van der Waals surface area contributed by atoms with E-state index < -0.39 is 23.0 Å². The number of ether oxygens (including phenoxy) is 1. The van der Waals surface area contributed by atoms with Crippen molar-refractivity contribution >= 4 is 15.9 Å². The Morgan fingerprint density at radius 1 is 1.06 bits per heavy atom. The molecule has 0 heterocycles. The summed E-state index contributed by atoms with van der Waals surface area (Å²) in [5.41, 5.74) is -0.235. The third-order valence-corrected chi connectivity index (χ3v) is 2.17. The Morgan fingerprint density at radius 2 is 1.53 bits per heavy atom. The first-order valence-corrected chi connectivity index (χ1v) is 4.99. The van der Waals surface area contributed by atoms with Crippen molar-refractivity contribution in [1.82, 2.24) is 0 Å². The monoisotopic (exact) mass is 320 g/mol. The molecule has 0 fully saturated rings. The molecule has 1 atom stereocenters. The quantitative estimate of drug-likeness (QED) is 0.681. The minimum Gasteiger partial charge on any atom is -0.406 e. The van der Waals surface area contributed by atoms with Gasteiger partial charge >= 0.3 is 11.2 Å². The lowest BCUT2D eigenvalue weighted by Crippen LogP contribution is -2.19. The first kappa shape index (κ1) is 14.2. The molecule has 1 aromatic rings. The van der Waals surface area contributed by atoms with Crippen molar-refractivity contribution in [2.24, 2.45) is 0 Å². The van der Waals surface area contributed by atoms with E-state index in [1.54, 1.807) is 0 Å². The lowest BCUT2D eigenvalue weighted by molar-refractivity contribution is -0.274. The molecule has 0 radical (unpaired) electrons. The van der Waals surface area contributed by atoms with Gasteiger partial charge in [0.1, 0.15) is 5.75 Å². The highest BCUT2D eigenvalue weighted by molar-refractivity contribution is 9.10. The molecule has 96 valence electrons. The summed E-state index contributed by atoms with van der Waals surface area (Å²) < 4.78 is 64.2. The number of alkyl halides is 6. The number of hydrogen-bond donors (Lipinski definition) is 1. The smallest absolute Gasteiger partial charge is 0.406 e. The first-order valence-electron chi connectivity index (χ1n) is 4.20. The van der Waals surface area contributed by atoms with E-state index >= 15 is 0 Å². The van der Waals surface area contributed by atoms with E-state index in [-0.39, 0.29) is 5.56 Å². The van der Waals surface area contributed by atoms with Crippen LogP contribution in [0.1, 0.15) is 11.7 Å². The molecular formula is C9H6BrF5O2. The van der Waals surface area contributed by atoms with Crippen molar-refractivity contribution in [2.75, 3.05) is 0 Å². The summed E-state index contributed by atoms with van der Waals surface area (Å²) in [6.07, 6.45) is -7.00. The van der Waals surface area contributed by atoms with Gasteiger partial charge in [0, 0.05) is 0 Å². The van der Waals surface area contributed by atoms with Crippen LogP contribution in [0.25, 0.3) is 0 Å². The standard InChI is InChI=1S/C9H6BrF5O2/c10-8(11,12)7(16)5-1-3-6(4-2-5)17-9(13,14)15/h1-4,7,16H. The Hall–Kier alpha value is -0.890. The highest BCUT2D eigenvalue weighted by atomic mass is 79.9. The van der Waals surface area contributed by atoms with Gasteiger partial charge < -0.3 is 9.84 Å². The molecule has 0 saturated heterocycles. The summed E-state index contributed by atoms with van der Waals surface area (Å²) in [4.78, 5) is -3.56. The molecule has 1 aromatic carbocycles. The number of rotatable bonds is 3. The van der Waals surface area contributed by atoms with Crippen molar-refractivity contribution in [3.8, 4) is 5.75 Å². The number of aliphatic hydroxyl groups excluding tert-OH is 1. The minimum absolute atomic E-state index is 0.235. The molecule has 2 nitrogen and oxygen atoms in total. The zero-order valence-electron chi connectivity index (χ0n) is 8.01. The maximum atomic E-state index is 12.6. The lowest BCUT2D eigenvalue weighted by atomic mass is 10.1. The Morgan fingerprint density at radius 3 is 1.88 bits per heavy atom. The zero-order valence-corrected chi connectivity index (χ0v) is 9.60. The fourth-order valence-corrected chi connectivity index (χ4v) is 1.31. The van der Waals surface area contributed by atoms with Gasteiger partial charge in [-0.15, -0.1) is 13.2 Å². The molecule has 1 rings (SSSR count). The topological polar surface area (TPSA) is 29.5 Å². The van der Waals surface area contributed by atoms with Gasteiger partial charge in [-0.05, 0) is 33.6 Å². The van der Waals surface area contributed by atoms with Crippen molar-refractivity contribution < 1.29 is 31.8 Å². The van der Waals surface area contributed by atoms with Crippen molar-refractivity contribution in [3.63, 3.8) is 0 Å². The number of aliphatic hydroxyl groups is 1. The highest BCUT2D eigenvalue weighted by Gasteiger charge is 2.36. The average Bonchev–Trinajstić information content (AvgIpc) is 2.14. The second-order valence-electron chi connectivity index (χ2n) is 3.06. The maximum absolute atomic E-state index is 12.6. The van der Waals surface area contributed by atoms with E-state index in [9.17, 15) is 22.0 Å². The lowest BCUT2D eigenvalue weighted by Gasteiger charge is -2.17. The number of hydrogen-bond acceptors (Lipinski definition) is 2.